The molecule has 0 unspecified atom stereocenters. The monoisotopic (exact) mass is 339 g/mol. The van der Waals surface area contributed by atoms with Crippen LogP contribution in [0, 0.1) is 0 Å². The second-order valence-electron chi connectivity index (χ2n) is 6.21. The lowest BCUT2D eigenvalue weighted by Gasteiger charge is -2.26. The van der Waals surface area contributed by atoms with E-state index in [2.05, 4.69) is 15.0 Å². The highest BCUT2D eigenvalue weighted by atomic mass is 16.5. The standard InChI is InChI=1S/C18H21N5O2/c24-18-17-13-16(15-3-1-4-19-14-15)20-23(17)8-7-22(18)6-2-5-21-9-11-25-12-10-21/h1,3-4,7-8,13-14H,2,5-6,9-12H2. The Morgan fingerprint density at radius 2 is 2.04 bits per heavy atom. The number of rotatable bonds is 5. The van der Waals surface area contributed by atoms with Crippen molar-refractivity contribution in [3.8, 4) is 11.3 Å². The van der Waals surface area contributed by atoms with Crippen molar-refractivity contribution >= 4 is 5.52 Å². The van der Waals surface area contributed by atoms with Crippen molar-refractivity contribution in [1.29, 1.82) is 0 Å². The Hall–Kier alpha value is -2.51. The molecule has 0 N–H and O–H groups in total. The fourth-order valence-corrected chi connectivity index (χ4v) is 3.15. The van der Waals surface area contributed by atoms with E-state index in [-0.39, 0.29) is 5.56 Å². The minimum atomic E-state index is -0.00730. The molecule has 0 spiro atoms. The number of nitrogens with zero attached hydrogens (tertiary/aromatic N) is 5. The molecule has 130 valence electrons. The second-order valence-corrected chi connectivity index (χ2v) is 6.21. The van der Waals surface area contributed by atoms with Crippen molar-refractivity contribution in [2.45, 2.75) is 13.0 Å². The third-order valence-electron chi connectivity index (χ3n) is 4.54. The van der Waals surface area contributed by atoms with E-state index in [4.69, 9.17) is 4.74 Å². The Bertz CT molecular complexity index is 897. The molecule has 0 bridgehead atoms. The van der Waals surface area contributed by atoms with Crippen LogP contribution >= 0.6 is 0 Å². The molecular formula is C18H21N5O2. The summed E-state index contributed by atoms with van der Waals surface area (Å²) in [5.41, 5.74) is 2.25. The van der Waals surface area contributed by atoms with Gasteiger partial charge >= 0.3 is 0 Å². The average Bonchev–Trinajstić information content (AvgIpc) is 3.10. The van der Waals surface area contributed by atoms with Gasteiger partial charge in [0.25, 0.3) is 5.56 Å². The molecule has 0 saturated carbocycles. The summed E-state index contributed by atoms with van der Waals surface area (Å²) in [6, 6.07) is 5.64. The van der Waals surface area contributed by atoms with Crippen molar-refractivity contribution in [3.05, 3.63) is 53.3 Å². The lowest BCUT2D eigenvalue weighted by Crippen LogP contribution is -2.37. The summed E-state index contributed by atoms with van der Waals surface area (Å²) in [5, 5.41) is 4.48. The highest BCUT2D eigenvalue weighted by Crippen LogP contribution is 2.16. The highest BCUT2D eigenvalue weighted by Gasteiger charge is 2.11. The van der Waals surface area contributed by atoms with Crippen molar-refractivity contribution in [2.75, 3.05) is 32.8 Å². The van der Waals surface area contributed by atoms with Crippen LogP contribution in [0.5, 0.6) is 0 Å². The Balaban J connectivity index is 1.50. The number of hydrogen-bond acceptors (Lipinski definition) is 5. The van der Waals surface area contributed by atoms with E-state index in [0.29, 0.717) is 12.1 Å². The number of pyridine rings is 1. The summed E-state index contributed by atoms with van der Waals surface area (Å²) < 4.78 is 8.77. The first kappa shape index (κ1) is 16.0. The van der Waals surface area contributed by atoms with Gasteiger partial charge in [0.1, 0.15) is 5.52 Å². The van der Waals surface area contributed by atoms with E-state index in [1.165, 1.54) is 0 Å². The van der Waals surface area contributed by atoms with E-state index in [1.807, 2.05) is 30.6 Å². The van der Waals surface area contributed by atoms with Crippen LogP contribution in [0.1, 0.15) is 6.42 Å². The van der Waals surface area contributed by atoms with E-state index in [0.717, 1.165) is 50.5 Å². The summed E-state index contributed by atoms with van der Waals surface area (Å²) in [4.78, 5) is 19.2. The zero-order valence-electron chi connectivity index (χ0n) is 14.0. The Labute approximate surface area is 145 Å². The van der Waals surface area contributed by atoms with Gasteiger partial charge in [0.15, 0.2) is 0 Å². The molecule has 1 aliphatic rings. The fourth-order valence-electron chi connectivity index (χ4n) is 3.15. The van der Waals surface area contributed by atoms with E-state index in [9.17, 15) is 4.79 Å². The minimum Gasteiger partial charge on any atom is -0.379 e. The highest BCUT2D eigenvalue weighted by molar-refractivity contribution is 5.64. The number of hydrogen-bond donors (Lipinski definition) is 0. The van der Waals surface area contributed by atoms with Gasteiger partial charge in [-0.15, -0.1) is 0 Å². The molecule has 4 heterocycles. The molecule has 3 aromatic rings. The first-order chi connectivity index (χ1) is 12.3. The molecule has 7 heteroatoms. The minimum absolute atomic E-state index is 0.00730. The molecule has 0 radical (unpaired) electrons. The first-order valence-electron chi connectivity index (χ1n) is 8.60. The molecule has 0 aliphatic carbocycles. The molecule has 1 fully saturated rings. The van der Waals surface area contributed by atoms with E-state index >= 15 is 0 Å². The lowest BCUT2D eigenvalue weighted by atomic mass is 10.2. The van der Waals surface area contributed by atoms with Gasteiger partial charge in [0.05, 0.1) is 18.9 Å². The van der Waals surface area contributed by atoms with Crippen LogP contribution < -0.4 is 5.56 Å². The van der Waals surface area contributed by atoms with Gasteiger partial charge < -0.3 is 9.30 Å². The first-order valence-corrected chi connectivity index (χ1v) is 8.60. The molecule has 25 heavy (non-hydrogen) atoms. The topological polar surface area (TPSA) is 64.7 Å². The van der Waals surface area contributed by atoms with Crippen LogP contribution in [-0.2, 0) is 11.3 Å². The largest absolute Gasteiger partial charge is 0.379 e. The van der Waals surface area contributed by atoms with Crippen LogP contribution in [0.2, 0.25) is 0 Å². The number of aromatic nitrogens is 4. The van der Waals surface area contributed by atoms with Crippen LogP contribution in [0.15, 0.2) is 47.8 Å². The number of fused-ring (bicyclic) bond motifs is 1. The quantitative estimate of drug-likeness (QED) is 0.701. The van der Waals surface area contributed by atoms with Crippen LogP contribution in [0.25, 0.3) is 16.8 Å². The van der Waals surface area contributed by atoms with Crippen LogP contribution in [-0.4, -0.2) is 56.9 Å². The Morgan fingerprint density at radius 1 is 1.16 bits per heavy atom. The third kappa shape index (κ3) is 3.47. The normalized spacial score (nSPS) is 15.7. The number of morpholine rings is 1. The van der Waals surface area contributed by atoms with Crippen molar-refractivity contribution in [1.82, 2.24) is 24.1 Å². The summed E-state index contributed by atoms with van der Waals surface area (Å²) >= 11 is 0. The predicted molar refractivity (Wildman–Crippen MR) is 94.6 cm³/mol. The average molecular weight is 339 g/mol. The molecule has 4 rings (SSSR count). The number of ether oxygens (including phenoxy) is 1. The maximum Gasteiger partial charge on any atom is 0.276 e. The van der Waals surface area contributed by atoms with Crippen LogP contribution in [0.4, 0.5) is 0 Å². The molecule has 1 saturated heterocycles. The zero-order chi connectivity index (χ0) is 17.1. The summed E-state index contributed by atoms with van der Waals surface area (Å²) in [7, 11) is 0. The van der Waals surface area contributed by atoms with Gasteiger partial charge in [0, 0.05) is 56.5 Å². The van der Waals surface area contributed by atoms with E-state index < -0.39 is 0 Å². The number of aryl methyl sites for hydroxylation is 1. The summed E-state index contributed by atoms with van der Waals surface area (Å²) in [6.45, 7) is 5.26. The molecule has 0 aromatic carbocycles. The summed E-state index contributed by atoms with van der Waals surface area (Å²) in [6.07, 6.45) is 8.07. The molecule has 0 amide bonds. The maximum atomic E-state index is 12.7. The molecule has 3 aromatic heterocycles. The van der Waals surface area contributed by atoms with E-state index in [1.54, 1.807) is 21.5 Å². The molecule has 7 nitrogen and oxygen atoms in total. The molecule has 1 aliphatic heterocycles. The Morgan fingerprint density at radius 3 is 2.84 bits per heavy atom. The van der Waals surface area contributed by atoms with Crippen molar-refractivity contribution in [3.63, 3.8) is 0 Å². The van der Waals surface area contributed by atoms with Crippen molar-refractivity contribution in [2.24, 2.45) is 0 Å². The smallest absolute Gasteiger partial charge is 0.276 e. The zero-order valence-corrected chi connectivity index (χ0v) is 14.0. The fraction of sp³-hybridized carbons (Fsp3) is 0.389. The Kier molecular flexibility index (Phi) is 4.58. The second kappa shape index (κ2) is 7.16. The summed E-state index contributed by atoms with van der Waals surface area (Å²) in [5.74, 6) is 0. The molecular weight excluding hydrogens is 318 g/mol. The molecule has 0 atom stereocenters. The van der Waals surface area contributed by atoms with Crippen molar-refractivity contribution < 1.29 is 4.74 Å². The third-order valence-corrected chi connectivity index (χ3v) is 4.54. The SMILES string of the molecule is O=c1c2cc(-c3cccnc3)nn2ccn1CCCN1CCOCC1. The van der Waals surface area contributed by atoms with Gasteiger partial charge in [-0.1, -0.05) is 0 Å². The lowest BCUT2D eigenvalue weighted by molar-refractivity contribution is 0.0369. The van der Waals surface area contributed by atoms with Gasteiger partial charge in [-0.05, 0) is 24.6 Å². The van der Waals surface area contributed by atoms with Gasteiger partial charge in [0.2, 0.25) is 0 Å². The van der Waals surface area contributed by atoms with Gasteiger partial charge in [-0.3, -0.25) is 14.7 Å². The maximum absolute atomic E-state index is 12.7. The predicted octanol–water partition coefficient (Wildman–Crippen LogP) is 1.28. The van der Waals surface area contributed by atoms with Crippen LogP contribution in [0.3, 0.4) is 0 Å². The van der Waals surface area contributed by atoms with Gasteiger partial charge in [-0.25, -0.2) is 4.52 Å². The van der Waals surface area contributed by atoms with Gasteiger partial charge in [-0.2, -0.15) is 5.10 Å².